The number of hydrogen-bond acceptors (Lipinski definition) is 2. The molecule has 1 N–H and O–H groups in total. The van der Waals surface area contributed by atoms with Crippen molar-refractivity contribution in [1.82, 2.24) is 9.55 Å². The molecule has 1 heterocycles. The van der Waals surface area contributed by atoms with Crippen LogP contribution in [0.3, 0.4) is 0 Å². The average molecular weight is 301 g/mol. The van der Waals surface area contributed by atoms with Crippen LogP contribution < -0.4 is 5.32 Å². The molecular weight excluding hydrogens is 281 g/mol. The molecule has 1 amide bonds. The van der Waals surface area contributed by atoms with Crippen molar-refractivity contribution in [3.63, 3.8) is 0 Å². The summed E-state index contributed by atoms with van der Waals surface area (Å²) < 4.78 is 14.9. The van der Waals surface area contributed by atoms with Gasteiger partial charge in [-0.15, -0.1) is 0 Å². The van der Waals surface area contributed by atoms with Crippen LogP contribution in [0.1, 0.15) is 31.7 Å². The fraction of sp³-hybridized carbons (Fsp3) is 0.412. The highest BCUT2D eigenvalue weighted by Gasteiger charge is 2.44. The van der Waals surface area contributed by atoms with E-state index in [0.717, 1.165) is 18.5 Å². The summed E-state index contributed by atoms with van der Waals surface area (Å²) in [5.41, 5.74) is 1.02. The zero-order chi connectivity index (χ0) is 15.7. The molecule has 0 aliphatic heterocycles. The maximum absolute atomic E-state index is 12.9. The molecule has 0 unspecified atom stereocenters. The summed E-state index contributed by atoms with van der Waals surface area (Å²) >= 11 is 0. The Kier molecular flexibility index (Phi) is 3.96. The summed E-state index contributed by atoms with van der Waals surface area (Å²) in [6.07, 6.45) is 4.38. The lowest BCUT2D eigenvalue weighted by Crippen LogP contribution is -2.19. The lowest BCUT2D eigenvalue weighted by Gasteiger charge is -2.11. The summed E-state index contributed by atoms with van der Waals surface area (Å²) in [5.74, 6) is 0.969. The molecule has 0 bridgehead atoms. The van der Waals surface area contributed by atoms with E-state index in [9.17, 15) is 9.18 Å². The lowest BCUT2D eigenvalue weighted by molar-refractivity contribution is -0.117. The molecule has 1 aromatic heterocycles. The topological polar surface area (TPSA) is 46.9 Å². The van der Waals surface area contributed by atoms with Crippen LogP contribution in [0.5, 0.6) is 0 Å². The molecule has 1 aliphatic rings. The van der Waals surface area contributed by atoms with Crippen LogP contribution in [0.2, 0.25) is 0 Å². The van der Waals surface area contributed by atoms with E-state index in [0.29, 0.717) is 11.9 Å². The number of halogens is 1. The number of anilines is 1. The first-order valence-electron chi connectivity index (χ1n) is 7.62. The second kappa shape index (κ2) is 5.91. The molecule has 1 aliphatic carbocycles. The van der Waals surface area contributed by atoms with E-state index in [1.807, 2.05) is 10.8 Å². The highest BCUT2D eigenvalue weighted by atomic mass is 19.1. The van der Waals surface area contributed by atoms with Crippen LogP contribution in [0, 0.1) is 17.7 Å². The maximum Gasteiger partial charge on any atom is 0.230 e. The number of carbonyl (C=O) groups is 1. The average Bonchev–Trinajstić information content (AvgIpc) is 3.16. The second-order valence-corrected chi connectivity index (χ2v) is 6.29. The molecule has 3 rings (SSSR count). The molecule has 5 heteroatoms. The molecule has 2 aromatic rings. The Morgan fingerprint density at radius 1 is 1.41 bits per heavy atom. The molecule has 0 saturated heterocycles. The SMILES string of the molecule is CC(C)Cn1ccnc1NC(=O)[C@@H]1C[C@@H]1c1ccc(F)cc1. The van der Waals surface area contributed by atoms with Gasteiger partial charge >= 0.3 is 0 Å². The Bertz CT molecular complexity index is 663. The fourth-order valence-corrected chi connectivity index (χ4v) is 2.74. The third-order valence-corrected chi connectivity index (χ3v) is 3.94. The van der Waals surface area contributed by atoms with Crippen LogP contribution in [-0.4, -0.2) is 15.5 Å². The van der Waals surface area contributed by atoms with Crippen molar-refractivity contribution in [2.24, 2.45) is 11.8 Å². The summed E-state index contributed by atoms with van der Waals surface area (Å²) in [6, 6.07) is 6.40. The van der Waals surface area contributed by atoms with E-state index in [-0.39, 0.29) is 23.6 Å². The van der Waals surface area contributed by atoms with Crippen LogP contribution in [-0.2, 0) is 11.3 Å². The zero-order valence-corrected chi connectivity index (χ0v) is 12.8. The van der Waals surface area contributed by atoms with Crippen molar-refractivity contribution >= 4 is 11.9 Å². The maximum atomic E-state index is 12.9. The second-order valence-electron chi connectivity index (χ2n) is 6.29. The molecule has 1 saturated carbocycles. The quantitative estimate of drug-likeness (QED) is 0.920. The van der Waals surface area contributed by atoms with Gasteiger partial charge in [0.05, 0.1) is 0 Å². The zero-order valence-electron chi connectivity index (χ0n) is 12.8. The number of imidazole rings is 1. The Hall–Kier alpha value is -2.17. The predicted molar refractivity (Wildman–Crippen MR) is 82.9 cm³/mol. The van der Waals surface area contributed by atoms with Gasteiger partial charge in [-0.25, -0.2) is 9.37 Å². The van der Waals surface area contributed by atoms with E-state index in [4.69, 9.17) is 0 Å². The summed E-state index contributed by atoms with van der Waals surface area (Å²) in [6.45, 7) is 5.07. The number of nitrogens with zero attached hydrogens (tertiary/aromatic N) is 2. The highest BCUT2D eigenvalue weighted by molar-refractivity contribution is 5.93. The first-order valence-corrected chi connectivity index (χ1v) is 7.62. The molecule has 116 valence electrons. The van der Waals surface area contributed by atoms with Gasteiger partial charge in [-0.05, 0) is 36.0 Å². The summed E-state index contributed by atoms with van der Waals surface area (Å²) in [4.78, 5) is 16.5. The first kappa shape index (κ1) is 14.8. The minimum Gasteiger partial charge on any atom is -0.317 e. The van der Waals surface area contributed by atoms with Crippen LogP contribution >= 0.6 is 0 Å². The number of amides is 1. The number of nitrogens with one attached hydrogen (secondary N) is 1. The summed E-state index contributed by atoms with van der Waals surface area (Å²) in [5, 5.41) is 2.91. The smallest absolute Gasteiger partial charge is 0.230 e. The van der Waals surface area contributed by atoms with Gasteiger partial charge in [0.25, 0.3) is 0 Å². The van der Waals surface area contributed by atoms with Crippen molar-refractivity contribution in [2.75, 3.05) is 5.32 Å². The van der Waals surface area contributed by atoms with Crippen LogP contribution in [0.25, 0.3) is 0 Å². The van der Waals surface area contributed by atoms with Gasteiger partial charge in [0.15, 0.2) is 0 Å². The van der Waals surface area contributed by atoms with Crippen molar-refractivity contribution in [3.05, 3.63) is 48.0 Å². The molecule has 22 heavy (non-hydrogen) atoms. The molecule has 2 atom stereocenters. The van der Waals surface area contributed by atoms with E-state index in [1.165, 1.54) is 12.1 Å². The Morgan fingerprint density at radius 2 is 2.14 bits per heavy atom. The van der Waals surface area contributed by atoms with Gasteiger partial charge in [-0.2, -0.15) is 0 Å². The van der Waals surface area contributed by atoms with Crippen LogP contribution in [0.4, 0.5) is 10.3 Å². The van der Waals surface area contributed by atoms with Crippen molar-refractivity contribution in [1.29, 1.82) is 0 Å². The van der Waals surface area contributed by atoms with Gasteiger partial charge in [-0.3, -0.25) is 10.1 Å². The Morgan fingerprint density at radius 3 is 2.82 bits per heavy atom. The standard InChI is InChI=1S/C17H20FN3O/c1-11(2)10-21-8-7-19-17(21)20-16(22)15-9-14(15)12-3-5-13(18)6-4-12/h3-8,11,14-15H,9-10H2,1-2H3,(H,19,20,22)/t14-,15-/m1/s1. The van der Waals surface area contributed by atoms with Crippen molar-refractivity contribution in [2.45, 2.75) is 32.7 Å². The predicted octanol–water partition coefficient (Wildman–Crippen LogP) is 3.42. The monoisotopic (exact) mass is 301 g/mol. The minimum absolute atomic E-state index is 0.00877. The van der Waals surface area contributed by atoms with Gasteiger partial charge in [-0.1, -0.05) is 26.0 Å². The Labute approximate surface area is 129 Å². The van der Waals surface area contributed by atoms with Crippen molar-refractivity contribution < 1.29 is 9.18 Å². The van der Waals surface area contributed by atoms with Gasteiger partial charge in [0.1, 0.15) is 5.82 Å². The normalized spacial score (nSPS) is 20.2. The number of benzene rings is 1. The molecule has 0 radical (unpaired) electrons. The Balaban J connectivity index is 1.62. The minimum atomic E-state index is -0.249. The van der Waals surface area contributed by atoms with Gasteiger partial charge < -0.3 is 4.57 Å². The van der Waals surface area contributed by atoms with E-state index in [2.05, 4.69) is 24.1 Å². The molecular formula is C17H20FN3O. The molecule has 1 fully saturated rings. The van der Waals surface area contributed by atoms with Gasteiger partial charge in [0, 0.05) is 24.9 Å². The fourth-order valence-electron chi connectivity index (χ4n) is 2.74. The largest absolute Gasteiger partial charge is 0.317 e. The number of carbonyl (C=O) groups excluding carboxylic acids is 1. The number of aromatic nitrogens is 2. The number of hydrogen-bond donors (Lipinski definition) is 1. The van der Waals surface area contributed by atoms with E-state index >= 15 is 0 Å². The third-order valence-electron chi connectivity index (χ3n) is 3.94. The van der Waals surface area contributed by atoms with E-state index < -0.39 is 0 Å². The molecule has 4 nitrogen and oxygen atoms in total. The highest BCUT2D eigenvalue weighted by Crippen LogP contribution is 2.47. The van der Waals surface area contributed by atoms with E-state index in [1.54, 1.807) is 18.3 Å². The third kappa shape index (κ3) is 3.18. The lowest BCUT2D eigenvalue weighted by atomic mass is 10.1. The molecule has 1 aromatic carbocycles. The van der Waals surface area contributed by atoms with Gasteiger partial charge in [0.2, 0.25) is 11.9 Å². The number of rotatable bonds is 5. The first-order chi connectivity index (χ1) is 10.5. The van der Waals surface area contributed by atoms with Crippen LogP contribution in [0.15, 0.2) is 36.7 Å². The summed E-state index contributed by atoms with van der Waals surface area (Å²) in [7, 11) is 0. The molecule has 0 spiro atoms. The van der Waals surface area contributed by atoms with Crippen molar-refractivity contribution in [3.8, 4) is 0 Å².